The third-order valence-corrected chi connectivity index (χ3v) is 9.19. The monoisotopic (exact) mass is 532 g/mol. The van der Waals surface area contributed by atoms with Gasteiger partial charge in [0.1, 0.15) is 18.3 Å². The predicted molar refractivity (Wildman–Crippen MR) is 127 cm³/mol. The van der Waals surface area contributed by atoms with Crippen molar-refractivity contribution in [3.63, 3.8) is 0 Å². The van der Waals surface area contributed by atoms with Crippen LogP contribution in [-0.2, 0) is 42.9 Å². The molecule has 3 aliphatic heterocycles. The van der Waals surface area contributed by atoms with Crippen molar-refractivity contribution in [1.29, 1.82) is 0 Å². The van der Waals surface area contributed by atoms with Gasteiger partial charge in [-0.05, 0) is 31.3 Å². The molecule has 2 N–H and O–H groups in total. The summed E-state index contributed by atoms with van der Waals surface area (Å²) in [5, 5.41) is 20.3. The van der Waals surface area contributed by atoms with Crippen LogP contribution in [0, 0.1) is 16.7 Å². The van der Waals surface area contributed by atoms with Gasteiger partial charge < -0.3 is 33.9 Å². The minimum atomic E-state index is -1.47. The summed E-state index contributed by atoms with van der Waals surface area (Å²) in [6, 6.07) is 0. The first-order valence-corrected chi connectivity index (χ1v) is 12.8. The SMILES string of the molecule is CC1CCOC(=O)C=CC=CC(=O)OC2CC3OC4C=C(C(=O)O)CCC4(COC(=O)C1O)C2(C)C31CO1. The van der Waals surface area contributed by atoms with E-state index >= 15 is 0 Å². The number of epoxide rings is 1. The summed E-state index contributed by atoms with van der Waals surface area (Å²) in [4.78, 5) is 49.4. The lowest BCUT2D eigenvalue weighted by Gasteiger charge is -2.58. The van der Waals surface area contributed by atoms with E-state index in [1.807, 2.05) is 6.92 Å². The summed E-state index contributed by atoms with van der Waals surface area (Å²) in [6.07, 6.45) is 4.33. The largest absolute Gasteiger partial charge is 0.478 e. The molecule has 206 valence electrons. The number of rotatable bonds is 1. The Labute approximate surface area is 219 Å². The van der Waals surface area contributed by atoms with E-state index in [2.05, 4.69) is 0 Å². The van der Waals surface area contributed by atoms with Gasteiger partial charge in [-0.1, -0.05) is 26.0 Å². The van der Waals surface area contributed by atoms with Crippen molar-refractivity contribution in [1.82, 2.24) is 0 Å². The van der Waals surface area contributed by atoms with Gasteiger partial charge >= 0.3 is 23.9 Å². The van der Waals surface area contributed by atoms with Crippen molar-refractivity contribution in [2.75, 3.05) is 19.8 Å². The number of ether oxygens (including phenoxy) is 5. The van der Waals surface area contributed by atoms with Gasteiger partial charge in [0.15, 0.2) is 6.10 Å². The highest BCUT2D eigenvalue weighted by molar-refractivity contribution is 5.87. The number of carbonyl (C=O) groups excluding carboxylic acids is 3. The van der Waals surface area contributed by atoms with Gasteiger partial charge in [-0.15, -0.1) is 0 Å². The first-order valence-electron chi connectivity index (χ1n) is 12.8. The molecule has 5 aliphatic rings. The van der Waals surface area contributed by atoms with E-state index in [1.165, 1.54) is 18.2 Å². The maximum Gasteiger partial charge on any atom is 0.335 e. The number of aliphatic carboxylic acids is 1. The van der Waals surface area contributed by atoms with Crippen LogP contribution in [0.5, 0.6) is 0 Å². The highest BCUT2D eigenvalue weighted by Crippen LogP contribution is 2.72. The van der Waals surface area contributed by atoms with Gasteiger partial charge in [0, 0.05) is 29.6 Å². The molecule has 2 spiro atoms. The van der Waals surface area contributed by atoms with E-state index in [4.69, 9.17) is 23.7 Å². The molecule has 2 saturated heterocycles. The van der Waals surface area contributed by atoms with E-state index in [0.29, 0.717) is 13.0 Å². The van der Waals surface area contributed by atoms with Gasteiger partial charge in [0.2, 0.25) is 0 Å². The Hall–Kier alpha value is -3.02. The fourth-order valence-corrected chi connectivity index (χ4v) is 6.69. The summed E-state index contributed by atoms with van der Waals surface area (Å²) in [7, 11) is 0. The second-order valence-electron chi connectivity index (χ2n) is 10.9. The number of cyclic esters (lactones) is 2. The molecule has 11 heteroatoms. The number of carbonyl (C=O) groups is 4. The molecule has 0 radical (unpaired) electrons. The van der Waals surface area contributed by atoms with Crippen LogP contribution in [0.4, 0.5) is 0 Å². The number of aliphatic hydroxyl groups is 1. The maximum atomic E-state index is 13.0. The Morgan fingerprint density at radius 3 is 2.45 bits per heavy atom. The molecule has 11 nitrogen and oxygen atoms in total. The molecule has 5 rings (SSSR count). The first kappa shape index (κ1) is 26.6. The average Bonchev–Trinajstić information content (AvgIpc) is 3.66. The number of esters is 3. The van der Waals surface area contributed by atoms with E-state index in [1.54, 1.807) is 13.0 Å². The molecule has 8 atom stereocenters. The molecular weight excluding hydrogens is 500 g/mol. The maximum absolute atomic E-state index is 13.0. The van der Waals surface area contributed by atoms with Gasteiger partial charge in [0.25, 0.3) is 0 Å². The number of carboxylic acid groups (broad SMARTS) is 1. The summed E-state index contributed by atoms with van der Waals surface area (Å²) < 4.78 is 29.2. The van der Waals surface area contributed by atoms with Crippen LogP contribution >= 0.6 is 0 Å². The fraction of sp³-hybridized carbons (Fsp3) is 0.630. The molecule has 0 aromatic carbocycles. The summed E-state index contributed by atoms with van der Waals surface area (Å²) in [5.41, 5.74) is -2.45. The number of hydrogen-bond donors (Lipinski definition) is 2. The van der Waals surface area contributed by atoms with Gasteiger partial charge in [0.05, 0.1) is 30.8 Å². The van der Waals surface area contributed by atoms with E-state index in [-0.39, 0.29) is 38.0 Å². The molecule has 0 aromatic heterocycles. The molecule has 0 amide bonds. The lowest BCUT2D eigenvalue weighted by molar-refractivity contribution is -0.234. The van der Waals surface area contributed by atoms with Crippen LogP contribution in [0.2, 0.25) is 0 Å². The summed E-state index contributed by atoms with van der Waals surface area (Å²) in [5.74, 6) is -3.72. The van der Waals surface area contributed by atoms with Crippen LogP contribution < -0.4 is 0 Å². The van der Waals surface area contributed by atoms with Crippen LogP contribution in [-0.4, -0.2) is 83.9 Å². The standard InChI is InChI=1S/C27H32O11/c1-15-8-10-34-20(28)5-3-4-6-21(29)38-17-12-19-27(14-36-27)25(17,2)26(13-35-24(33)22(15)30)9-7-16(23(31)32)11-18(26)37-19/h3-6,11,15,17-19,22,30H,7-10,12-14H2,1-2H3,(H,31,32). The molecule has 2 bridgehead atoms. The zero-order chi connectivity index (χ0) is 27.3. The van der Waals surface area contributed by atoms with Crippen LogP contribution in [0.15, 0.2) is 36.0 Å². The second-order valence-corrected chi connectivity index (χ2v) is 10.9. The van der Waals surface area contributed by atoms with Crippen molar-refractivity contribution in [2.24, 2.45) is 16.7 Å². The van der Waals surface area contributed by atoms with Crippen LogP contribution in [0.3, 0.4) is 0 Å². The van der Waals surface area contributed by atoms with E-state index in [0.717, 1.165) is 6.08 Å². The van der Waals surface area contributed by atoms with Crippen LogP contribution in [0.25, 0.3) is 0 Å². The molecule has 3 fully saturated rings. The Morgan fingerprint density at radius 1 is 1.05 bits per heavy atom. The van der Waals surface area contributed by atoms with Crippen molar-refractivity contribution in [3.8, 4) is 0 Å². The molecule has 1 saturated carbocycles. The lowest BCUT2D eigenvalue weighted by atomic mass is 9.51. The predicted octanol–water partition coefficient (Wildman–Crippen LogP) is 1.24. The molecule has 38 heavy (non-hydrogen) atoms. The van der Waals surface area contributed by atoms with Crippen molar-refractivity contribution in [3.05, 3.63) is 36.0 Å². The van der Waals surface area contributed by atoms with Crippen LogP contribution in [0.1, 0.15) is 39.5 Å². The molecular formula is C27H32O11. The minimum Gasteiger partial charge on any atom is -0.478 e. The zero-order valence-corrected chi connectivity index (χ0v) is 21.3. The quantitative estimate of drug-likeness (QED) is 0.284. The van der Waals surface area contributed by atoms with Crippen molar-refractivity contribution < 1.29 is 53.1 Å². The normalized spacial score (nSPS) is 43.2. The Morgan fingerprint density at radius 2 is 1.76 bits per heavy atom. The topological polar surface area (TPSA) is 158 Å². The van der Waals surface area contributed by atoms with Gasteiger partial charge in [-0.3, -0.25) is 0 Å². The fourth-order valence-electron chi connectivity index (χ4n) is 6.69. The number of allylic oxidation sites excluding steroid dienone is 2. The van der Waals surface area contributed by atoms with Crippen molar-refractivity contribution in [2.45, 2.75) is 69.5 Å². The first-order chi connectivity index (χ1) is 18.0. The second kappa shape index (κ2) is 9.62. The smallest absolute Gasteiger partial charge is 0.335 e. The van der Waals surface area contributed by atoms with Gasteiger partial charge in [-0.25, -0.2) is 19.2 Å². The molecule has 0 aromatic rings. The van der Waals surface area contributed by atoms with Crippen molar-refractivity contribution >= 4 is 23.9 Å². The molecule has 8 unspecified atom stereocenters. The number of hydrogen-bond acceptors (Lipinski definition) is 10. The van der Waals surface area contributed by atoms with Gasteiger partial charge in [-0.2, -0.15) is 0 Å². The number of aliphatic hydroxyl groups excluding tert-OH is 1. The number of carboxylic acids is 1. The van der Waals surface area contributed by atoms with E-state index in [9.17, 15) is 29.4 Å². The minimum absolute atomic E-state index is 0.0238. The highest BCUT2D eigenvalue weighted by atomic mass is 16.6. The van der Waals surface area contributed by atoms with E-state index < -0.39 is 70.6 Å². The third-order valence-electron chi connectivity index (χ3n) is 9.19. The Bertz CT molecular complexity index is 1120. The molecule has 2 aliphatic carbocycles. The highest BCUT2D eigenvalue weighted by Gasteiger charge is 2.83. The molecule has 3 heterocycles. The Kier molecular flexibility index (Phi) is 6.73. The Balaban J connectivity index is 1.54. The third kappa shape index (κ3) is 4.07. The summed E-state index contributed by atoms with van der Waals surface area (Å²) >= 11 is 0. The lowest BCUT2D eigenvalue weighted by Crippen LogP contribution is -2.67. The average molecular weight is 533 g/mol. The zero-order valence-electron chi connectivity index (χ0n) is 21.3. The summed E-state index contributed by atoms with van der Waals surface area (Å²) in [6.45, 7) is 3.72.